The highest BCUT2D eigenvalue weighted by atomic mass is 79.9. The lowest BCUT2D eigenvalue weighted by atomic mass is 9.64. The number of alkyl halides is 1. The van der Waals surface area contributed by atoms with Crippen LogP contribution in [0.2, 0.25) is 6.82 Å². The van der Waals surface area contributed by atoms with Gasteiger partial charge in [-0.2, -0.15) is 5.10 Å². The first-order valence-electron chi connectivity index (χ1n) is 2.96. The summed E-state index contributed by atoms with van der Waals surface area (Å²) in [7, 11) is 1.77. The highest BCUT2D eigenvalue weighted by Gasteiger charge is 2.41. The van der Waals surface area contributed by atoms with Gasteiger partial charge in [0.15, 0.2) is 0 Å². The van der Waals surface area contributed by atoms with Crippen LogP contribution in [-0.2, 0) is 4.79 Å². The zero-order valence-electron chi connectivity index (χ0n) is 5.81. The Bertz CT molecular complexity index is 206. The average Bonchev–Trinajstić information content (AvgIpc) is 2.18. The van der Waals surface area contributed by atoms with E-state index in [0.29, 0.717) is 0 Å². The average molecular weight is 202 g/mol. The SMILES string of the molecule is C[B]C1(Br)C(=O)NN=C1C. The van der Waals surface area contributed by atoms with Crippen LogP contribution in [0, 0.1) is 0 Å². The summed E-state index contributed by atoms with van der Waals surface area (Å²) in [4.78, 5) is 11.0. The fourth-order valence-electron chi connectivity index (χ4n) is 0.802. The molecule has 0 aromatic rings. The summed E-state index contributed by atoms with van der Waals surface area (Å²) in [6.45, 7) is 3.62. The molecule has 5 heteroatoms. The van der Waals surface area contributed by atoms with Crippen LogP contribution >= 0.6 is 15.9 Å². The smallest absolute Gasteiger partial charge is 0.254 e. The quantitative estimate of drug-likeness (QED) is 0.483. The Morgan fingerprint density at radius 1 is 1.80 bits per heavy atom. The molecule has 0 bridgehead atoms. The van der Waals surface area contributed by atoms with Gasteiger partial charge in [-0.25, -0.2) is 5.43 Å². The molecule has 0 saturated heterocycles. The molecule has 1 rings (SSSR count). The molecular weight excluding hydrogens is 195 g/mol. The van der Waals surface area contributed by atoms with Crippen molar-refractivity contribution in [2.45, 2.75) is 18.0 Å². The summed E-state index contributed by atoms with van der Waals surface area (Å²) >= 11 is 3.28. The maximum atomic E-state index is 11.0. The second-order valence-electron chi connectivity index (χ2n) is 2.14. The second kappa shape index (κ2) is 2.38. The number of rotatable bonds is 1. The minimum absolute atomic E-state index is 0.118. The maximum absolute atomic E-state index is 11.0. The highest BCUT2D eigenvalue weighted by molar-refractivity contribution is 9.11. The molecule has 0 fully saturated rings. The van der Waals surface area contributed by atoms with Gasteiger partial charge in [0, 0.05) is 0 Å². The normalized spacial score (nSPS) is 31.5. The Kier molecular flexibility index (Phi) is 1.85. The molecule has 1 amide bonds. The third-order valence-corrected chi connectivity index (χ3v) is 2.97. The van der Waals surface area contributed by atoms with E-state index in [1.165, 1.54) is 0 Å². The van der Waals surface area contributed by atoms with Gasteiger partial charge in [0.05, 0.1) is 5.71 Å². The first-order chi connectivity index (χ1) is 4.61. The lowest BCUT2D eigenvalue weighted by Gasteiger charge is -2.14. The van der Waals surface area contributed by atoms with Gasteiger partial charge < -0.3 is 0 Å². The standard InChI is InChI=1S/C5H7BBrN2O/c1-3-5(7,6-2)4(10)9-8-3/h1-2H3,(H,9,10). The van der Waals surface area contributed by atoms with Crippen molar-refractivity contribution < 1.29 is 4.79 Å². The Hall–Kier alpha value is -0.315. The minimum atomic E-state index is -0.660. The third kappa shape index (κ3) is 0.886. The molecule has 1 unspecified atom stereocenters. The van der Waals surface area contributed by atoms with Crippen molar-refractivity contribution in [3.05, 3.63) is 0 Å². The Morgan fingerprint density at radius 3 is 2.60 bits per heavy atom. The van der Waals surface area contributed by atoms with Gasteiger partial charge in [0.1, 0.15) is 11.5 Å². The molecule has 0 aromatic heterocycles. The molecule has 1 radical (unpaired) electrons. The van der Waals surface area contributed by atoms with Gasteiger partial charge in [-0.15, -0.1) is 0 Å². The summed E-state index contributed by atoms with van der Waals surface area (Å²) in [5, 5.41) is 3.78. The van der Waals surface area contributed by atoms with Crippen molar-refractivity contribution >= 4 is 34.8 Å². The van der Waals surface area contributed by atoms with Crippen molar-refractivity contribution in [3.8, 4) is 0 Å². The molecule has 1 aliphatic rings. The molecule has 1 heterocycles. The van der Waals surface area contributed by atoms with Crippen LogP contribution in [0.5, 0.6) is 0 Å². The molecule has 10 heavy (non-hydrogen) atoms. The number of amides is 1. The van der Waals surface area contributed by atoms with E-state index in [-0.39, 0.29) is 5.91 Å². The Morgan fingerprint density at radius 2 is 2.40 bits per heavy atom. The molecule has 1 aliphatic heterocycles. The first-order valence-corrected chi connectivity index (χ1v) is 3.75. The van der Waals surface area contributed by atoms with Crippen LogP contribution in [0.1, 0.15) is 6.92 Å². The van der Waals surface area contributed by atoms with E-state index in [1.54, 1.807) is 14.2 Å². The van der Waals surface area contributed by atoms with Gasteiger partial charge in [0.2, 0.25) is 0 Å². The van der Waals surface area contributed by atoms with Crippen LogP contribution in [0.15, 0.2) is 5.10 Å². The Labute approximate surface area is 68.6 Å². The second-order valence-corrected chi connectivity index (χ2v) is 3.39. The van der Waals surface area contributed by atoms with E-state index < -0.39 is 4.22 Å². The predicted octanol–water partition coefficient (Wildman–Crippen LogP) is 0.336. The molecule has 1 atom stereocenters. The number of hydrazone groups is 1. The lowest BCUT2D eigenvalue weighted by Crippen LogP contribution is -2.42. The number of carbonyl (C=O) groups is 1. The zero-order chi connectivity index (χ0) is 7.78. The summed E-state index contributed by atoms with van der Waals surface area (Å²) < 4.78 is -0.660. The van der Waals surface area contributed by atoms with Crippen LogP contribution in [0.3, 0.4) is 0 Å². The van der Waals surface area contributed by atoms with Crippen molar-refractivity contribution in [1.29, 1.82) is 0 Å². The summed E-state index contributed by atoms with van der Waals surface area (Å²) in [5.41, 5.74) is 3.13. The van der Waals surface area contributed by atoms with Gasteiger partial charge in [0.25, 0.3) is 5.91 Å². The fraction of sp³-hybridized carbons (Fsp3) is 0.600. The first kappa shape index (κ1) is 7.79. The topological polar surface area (TPSA) is 41.5 Å². The summed E-state index contributed by atoms with van der Waals surface area (Å²) in [6, 6.07) is 0. The molecule has 0 aromatic carbocycles. The predicted molar refractivity (Wildman–Crippen MR) is 44.5 cm³/mol. The number of hydrogen-bond acceptors (Lipinski definition) is 2. The van der Waals surface area contributed by atoms with Gasteiger partial charge in [-0.05, 0) is 6.92 Å². The van der Waals surface area contributed by atoms with Gasteiger partial charge in [-0.3, -0.25) is 4.79 Å². The van der Waals surface area contributed by atoms with Gasteiger partial charge in [-0.1, -0.05) is 22.8 Å². The molecule has 53 valence electrons. The van der Waals surface area contributed by atoms with Crippen LogP contribution < -0.4 is 5.43 Å². The molecule has 0 spiro atoms. The van der Waals surface area contributed by atoms with Crippen LogP contribution in [0.25, 0.3) is 0 Å². The van der Waals surface area contributed by atoms with E-state index in [1.807, 2.05) is 6.82 Å². The van der Waals surface area contributed by atoms with E-state index in [4.69, 9.17) is 0 Å². The number of halogens is 1. The number of hydrogen-bond donors (Lipinski definition) is 1. The lowest BCUT2D eigenvalue weighted by molar-refractivity contribution is -0.119. The number of nitrogens with one attached hydrogen (secondary N) is 1. The van der Waals surface area contributed by atoms with E-state index in [9.17, 15) is 4.79 Å². The minimum Gasteiger partial charge on any atom is -0.272 e. The third-order valence-electron chi connectivity index (χ3n) is 1.58. The maximum Gasteiger partial charge on any atom is 0.254 e. The van der Waals surface area contributed by atoms with Crippen LogP contribution in [-0.4, -0.2) is 23.1 Å². The summed E-state index contributed by atoms with van der Waals surface area (Å²) in [5.74, 6) is -0.118. The number of nitrogens with zero attached hydrogens (tertiary/aromatic N) is 1. The highest BCUT2D eigenvalue weighted by Crippen LogP contribution is 2.22. The van der Waals surface area contributed by atoms with Crippen LogP contribution in [0.4, 0.5) is 0 Å². The van der Waals surface area contributed by atoms with E-state index in [0.717, 1.165) is 5.71 Å². The summed E-state index contributed by atoms with van der Waals surface area (Å²) in [6.07, 6.45) is 0. The van der Waals surface area contributed by atoms with Gasteiger partial charge >= 0.3 is 0 Å². The largest absolute Gasteiger partial charge is 0.272 e. The van der Waals surface area contributed by atoms with E-state index >= 15 is 0 Å². The van der Waals surface area contributed by atoms with Crippen molar-refractivity contribution in [2.24, 2.45) is 5.10 Å². The van der Waals surface area contributed by atoms with Crippen molar-refractivity contribution in [1.82, 2.24) is 5.43 Å². The molecule has 1 N–H and O–H groups in total. The Balaban J connectivity index is 2.92. The molecule has 0 saturated carbocycles. The van der Waals surface area contributed by atoms with E-state index in [2.05, 4.69) is 26.5 Å². The molecule has 0 aliphatic carbocycles. The monoisotopic (exact) mass is 201 g/mol. The van der Waals surface area contributed by atoms with Crippen molar-refractivity contribution in [3.63, 3.8) is 0 Å². The molecular formula is C5H7BBrN2O. The van der Waals surface area contributed by atoms with Crippen molar-refractivity contribution in [2.75, 3.05) is 0 Å². The molecule has 3 nitrogen and oxygen atoms in total. The fourth-order valence-corrected chi connectivity index (χ4v) is 0.979. The number of carbonyl (C=O) groups excluding carboxylic acids is 1. The zero-order valence-corrected chi connectivity index (χ0v) is 7.40.